The lowest BCUT2D eigenvalue weighted by atomic mass is 10.1. The summed E-state index contributed by atoms with van der Waals surface area (Å²) >= 11 is 3.89. The summed E-state index contributed by atoms with van der Waals surface area (Å²) in [7, 11) is -3.44. The molecule has 0 amide bonds. The molecule has 2 heterocycles. The van der Waals surface area contributed by atoms with Gasteiger partial charge in [-0.1, -0.05) is 107 Å². The Labute approximate surface area is 231 Å². The molecule has 1 aromatic carbocycles. The SMILES string of the molecule is CC(C)[Si](c1ncc(-c2ccc(-c3cnc([Si](C(C)C)(C(C)C)C(C)C)s3)cc2)s1)(C(C)C)C(C)C. The first kappa shape index (κ1) is 29.5. The number of hydrogen-bond acceptors (Lipinski definition) is 4. The Morgan fingerprint density at radius 1 is 0.472 bits per heavy atom. The van der Waals surface area contributed by atoms with Crippen molar-refractivity contribution in [2.24, 2.45) is 0 Å². The van der Waals surface area contributed by atoms with Crippen LogP contribution in [0.5, 0.6) is 0 Å². The first-order valence-corrected chi connectivity index (χ1v) is 19.9. The highest BCUT2D eigenvalue weighted by molar-refractivity contribution is 7.29. The normalized spacial score (nSPS) is 13.4. The van der Waals surface area contributed by atoms with E-state index in [-0.39, 0.29) is 0 Å². The van der Waals surface area contributed by atoms with Crippen molar-refractivity contribution >= 4 is 48.1 Å². The minimum Gasteiger partial charge on any atom is -0.254 e. The molecule has 0 aliphatic rings. The van der Waals surface area contributed by atoms with Crippen molar-refractivity contribution in [3.8, 4) is 20.9 Å². The molecule has 0 bridgehead atoms. The average Bonchev–Trinajstić information content (AvgIpc) is 3.44. The molecule has 0 aliphatic heterocycles. The molecule has 0 unspecified atom stereocenters. The summed E-state index contributed by atoms with van der Waals surface area (Å²) in [5.41, 5.74) is 6.63. The molecular weight excluding hydrogens is 509 g/mol. The fourth-order valence-electron chi connectivity index (χ4n) is 7.50. The van der Waals surface area contributed by atoms with Crippen molar-refractivity contribution in [3.05, 3.63) is 36.7 Å². The van der Waals surface area contributed by atoms with Gasteiger partial charge in [0.1, 0.15) is 16.1 Å². The maximum Gasteiger partial charge on any atom is 0.131 e. The molecule has 0 radical (unpaired) electrons. The quantitative estimate of drug-likeness (QED) is 0.232. The van der Waals surface area contributed by atoms with E-state index in [9.17, 15) is 0 Å². The van der Waals surface area contributed by atoms with Crippen molar-refractivity contribution in [1.29, 1.82) is 0 Å². The number of aromatic nitrogens is 2. The van der Waals surface area contributed by atoms with Gasteiger partial charge in [0.2, 0.25) is 0 Å². The van der Waals surface area contributed by atoms with Crippen LogP contribution in [0.2, 0.25) is 33.2 Å². The zero-order valence-corrected chi connectivity index (χ0v) is 28.3. The third-order valence-corrected chi connectivity index (χ3v) is 26.6. The van der Waals surface area contributed by atoms with E-state index in [1.807, 2.05) is 22.7 Å². The number of hydrogen-bond donors (Lipinski definition) is 0. The summed E-state index contributed by atoms with van der Waals surface area (Å²) < 4.78 is 2.84. The number of nitrogens with zero attached hydrogens (tertiary/aromatic N) is 2. The Balaban J connectivity index is 1.94. The smallest absolute Gasteiger partial charge is 0.131 e. The summed E-state index contributed by atoms with van der Waals surface area (Å²) in [6, 6.07) is 9.14. The molecule has 3 rings (SSSR count). The van der Waals surface area contributed by atoms with Crippen LogP contribution >= 0.6 is 22.7 Å². The molecule has 3 aromatic rings. The summed E-state index contributed by atoms with van der Waals surface area (Å²) in [5.74, 6) is 0. The second kappa shape index (κ2) is 11.3. The van der Waals surface area contributed by atoms with Crippen LogP contribution < -0.4 is 9.26 Å². The fourth-order valence-corrected chi connectivity index (χ4v) is 26.7. The lowest BCUT2D eigenvalue weighted by Gasteiger charge is -2.41. The second-order valence-electron chi connectivity index (χ2n) is 12.4. The monoisotopic (exact) mass is 556 g/mol. The van der Waals surface area contributed by atoms with Crippen LogP contribution in [0.25, 0.3) is 20.9 Å². The maximum absolute atomic E-state index is 5.07. The number of benzene rings is 1. The minimum atomic E-state index is -1.72. The lowest BCUT2D eigenvalue weighted by Crippen LogP contribution is -2.55. The molecule has 0 atom stereocenters. The zero-order valence-electron chi connectivity index (χ0n) is 24.6. The van der Waals surface area contributed by atoms with Crippen molar-refractivity contribution < 1.29 is 0 Å². The van der Waals surface area contributed by atoms with E-state index >= 15 is 0 Å². The Bertz CT molecular complexity index is 991. The van der Waals surface area contributed by atoms with Crippen LogP contribution in [-0.2, 0) is 0 Å². The largest absolute Gasteiger partial charge is 0.254 e. The van der Waals surface area contributed by atoms with Gasteiger partial charge in [0.25, 0.3) is 0 Å². The molecule has 36 heavy (non-hydrogen) atoms. The number of thiazole rings is 2. The maximum atomic E-state index is 5.07. The molecule has 0 fully saturated rings. The summed E-state index contributed by atoms with van der Waals surface area (Å²) in [6.07, 6.45) is 4.26. The summed E-state index contributed by atoms with van der Waals surface area (Å²) in [5, 5.41) is 0. The van der Waals surface area contributed by atoms with E-state index in [4.69, 9.17) is 9.97 Å². The molecular formula is C30H48N2S2Si2. The Morgan fingerprint density at radius 2 is 0.722 bits per heavy atom. The van der Waals surface area contributed by atoms with Crippen molar-refractivity contribution in [2.45, 2.75) is 116 Å². The van der Waals surface area contributed by atoms with Crippen LogP contribution in [0.4, 0.5) is 0 Å². The van der Waals surface area contributed by atoms with Crippen LogP contribution in [0.15, 0.2) is 36.7 Å². The third-order valence-electron chi connectivity index (χ3n) is 8.94. The van der Waals surface area contributed by atoms with Gasteiger partial charge < -0.3 is 0 Å². The predicted octanol–water partition coefficient (Wildman–Crippen LogP) is 9.71. The van der Waals surface area contributed by atoms with Crippen molar-refractivity contribution in [1.82, 2.24) is 9.97 Å². The van der Waals surface area contributed by atoms with Gasteiger partial charge in [0, 0.05) is 12.4 Å². The highest BCUT2D eigenvalue weighted by Crippen LogP contribution is 2.44. The van der Waals surface area contributed by atoms with E-state index in [0.29, 0.717) is 33.2 Å². The van der Waals surface area contributed by atoms with Crippen LogP contribution in [0.3, 0.4) is 0 Å². The van der Waals surface area contributed by atoms with Crippen LogP contribution in [0, 0.1) is 0 Å². The van der Waals surface area contributed by atoms with E-state index in [2.05, 4.69) is 120 Å². The van der Waals surface area contributed by atoms with E-state index in [0.717, 1.165) is 0 Å². The second-order valence-corrected chi connectivity index (χ2v) is 26.8. The van der Waals surface area contributed by atoms with E-state index < -0.39 is 16.1 Å². The van der Waals surface area contributed by atoms with Gasteiger partial charge in [0.05, 0.1) is 19.0 Å². The molecule has 6 heteroatoms. The van der Waals surface area contributed by atoms with Gasteiger partial charge >= 0.3 is 0 Å². The van der Waals surface area contributed by atoms with Gasteiger partial charge in [-0.05, 0) is 44.4 Å². The Hall–Kier alpha value is -1.09. The topological polar surface area (TPSA) is 25.8 Å². The third kappa shape index (κ3) is 4.88. The van der Waals surface area contributed by atoms with E-state index in [1.54, 1.807) is 0 Å². The molecule has 0 saturated heterocycles. The Morgan fingerprint density at radius 3 is 0.944 bits per heavy atom. The van der Waals surface area contributed by atoms with Crippen molar-refractivity contribution in [3.63, 3.8) is 0 Å². The van der Waals surface area contributed by atoms with Crippen molar-refractivity contribution in [2.75, 3.05) is 0 Å². The van der Waals surface area contributed by atoms with Crippen LogP contribution in [0.1, 0.15) is 83.1 Å². The minimum absolute atomic E-state index is 0.678. The Kier molecular flexibility index (Phi) is 9.28. The highest BCUT2D eigenvalue weighted by Gasteiger charge is 2.48. The molecule has 0 spiro atoms. The van der Waals surface area contributed by atoms with Gasteiger partial charge in [-0.25, -0.2) is 0 Å². The zero-order chi connectivity index (χ0) is 27.0. The fraction of sp³-hybridized carbons (Fsp3) is 0.600. The molecule has 0 N–H and O–H groups in total. The van der Waals surface area contributed by atoms with Gasteiger partial charge in [-0.3, -0.25) is 9.97 Å². The number of rotatable bonds is 10. The van der Waals surface area contributed by atoms with Gasteiger partial charge in [-0.2, -0.15) is 0 Å². The predicted molar refractivity (Wildman–Crippen MR) is 170 cm³/mol. The first-order chi connectivity index (χ1) is 16.8. The molecule has 2 aromatic heterocycles. The lowest BCUT2D eigenvalue weighted by molar-refractivity contribution is 0.833. The van der Waals surface area contributed by atoms with Gasteiger partial charge in [0.15, 0.2) is 0 Å². The summed E-state index contributed by atoms with van der Waals surface area (Å²) in [4.78, 5) is 12.7. The summed E-state index contributed by atoms with van der Waals surface area (Å²) in [6.45, 7) is 29.0. The molecule has 2 nitrogen and oxygen atoms in total. The first-order valence-electron chi connectivity index (χ1n) is 13.8. The van der Waals surface area contributed by atoms with E-state index in [1.165, 1.54) is 30.1 Å². The molecule has 198 valence electrons. The molecule has 0 saturated carbocycles. The van der Waals surface area contributed by atoms with Crippen LogP contribution in [-0.4, -0.2) is 26.1 Å². The highest BCUT2D eigenvalue weighted by atomic mass is 32.1. The average molecular weight is 557 g/mol. The molecule has 0 aliphatic carbocycles. The van der Waals surface area contributed by atoms with Gasteiger partial charge in [-0.15, -0.1) is 22.7 Å². The standard InChI is InChI=1S/C30H48N2S2Si2/c1-19(2)35(20(3)4,21(5)6)29-31-17-27(33-29)25-13-15-26(16-14-25)28-18-32-30(34-28)36(22(7)8,23(9)10)24(11)12/h13-24H,1-12H3.